The molecule has 0 saturated carbocycles. The first kappa shape index (κ1) is 22.4. The predicted molar refractivity (Wildman–Crippen MR) is 142 cm³/mol. The summed E-state index contributed by atoms with van der Waals surface area (Å²) in [5.41, 5.74) is 11.6. The van der Waals surface area contributed by atoms with Crippen LogP contribution in [0.3, 0.4) is 0 Å². The van der Waals surface area contributed by atoms with Crippen molar-refractivity contribution in [3.8, 4) is 0 Å². The predicted octanol–water partition coefficient (Wildman–Crippen LogP) is 5.13. The van der Waals surface area contributed by atoms with Crippen molar-refractivity contribution >= 4 is 44.8 Å². The number of aliphatic hydroxyl groups is 1. The van der Waals surface area contributed by atoms with E-state index in [1.165, 1.54) is 0 Å². The number of carbonyl (C=O) groups excluding carboxylic acids is 1. The zero-order valence-corrected chi connectivity index (χ0v) is 19.1. The van der Waals surface area contributed by atoms with Crippen molar-refractivity contribution in [2.45, 2.75) is 19.1 Å². The molecule has 5 aromatic rings. The zero-order chi connectivity index (χ0) is 24.2. The second-order valence-corrected chi connectivity index (χ2v) is 8.51. The lowest BCUT2D eigenvalue weighted by Crippen LogP contribution is -2.37. The van der Waals surface area contributed by atoms with Crippen molar-refractivity contribution < 1.29 is 9.90 Å². The van der Waals surface area contributed by atoms with Crippen molar-refractivity contribution in [3.63, 3.8) is 0 Å². The number of anilines is 3. The molecule has 1 aromatic heterocycles. The number of hydrogen-bond acceptors (Lipinski definition) is 5. The molecule has 0 aliphatic heterocycles. The number of primary amides is 1. The van der Waals surface area contributed by atoms with E-state index in [0.29, 0.717) is 17.7 Å². The number of hydrogen-bond donors (Lipinski definition) is 4. The highest BCUT2D eigenvalue weighted by Gasteiger charge is 2.17. The van der Waals surface area contributed by atoms with E-state index in [1.54, 1.807) is 0 Å². The van der Waals surface area contributed by atoms with Crippen molar-refractivity contribution in [2.75, 3.05) is 10.6 Å². The minimum Gasteiger partial charge on any atom is -0.392 e. The number of rotatable bonds is 8. The van der Waals surface area contributed by atoms with Gasteiger partial charge in [-0.25, -0.2) is 4.98 Å². The van der Waals surface area contributed by atoms with Crippen LogP contribution in [0.2, 0.25) is 0 Å². The Morgan fingerprint density at radius 3 is 2.03 bits per heavy atom. The van der Waals surface area contributed by atoms with Crippen LogP contribution in [0.1, 0.15) is 11.1 Å². The van der Waals surface area contributed by atoms with Crippen LogP contribution in [0.25, 0.3) is 21.8 Å². The van der Waals surface area contributed by atoms with Crippen LogP contribution in [0, 0.1) is 0 Å². The van der Waals surface area contributed by atoms with Crippen molar-refractivity contribution in [1.29, 1.82) is 0 Å². The molecule has 5 N–H and O–H groups in total. The van der Waals surface area contributed by atoms with Crippen molar-refractivity contribution in [2.24, 2.45) is 5.73 Å². The van der Waals surface area contributed by atoms with Crippen LogP contribution in [0.5, 0.6) is 0 Å². The first-order chi connectivity index (χ1) is 17.1. The third-order valence-electron chi connectivity index (χ3n) is 6.00. The van der Waals surface area contributed by atoms with Gasteiger partial charge in [0.2, 0.25) is 5.91 Å². The fraction of sp³-hybridized carbons (Fsp3) is 0.103. The molecule has 174 valence electrons. The second-order valence-electron chi connectivity index (χ2n) is 8.51. The fourth-order valence-electron chi connectivity index (χ4n) is 4.33. The summed E-state index contributed by atoms with van der Waals surface area (Å²) in [6.45, 7) is -0.137. The highest BCUT2D eigenvalue weighted by atomic mass is 16.3. The molecule has 0 radical (unpaired) electrons. The summed E-state index contributed by atoms with van der Waals surface area (Å²) in [6, 6.07) is 30.8. The standard InChI is InChI=1S/C29H26N4O2/c30-29(35)27(16-19-8-2-1-3-9-19)31-21-14-20(18-34)15-22(17-21)32-28-23-10-4-6-12-25(23)33-26-13-7-5-11-24(26)28/h1-15,17,27,31,34H,16,18H2,(H2,30,35)(H,32,33)/t27-/m0/s1. The highest BCUT2D eigenvalue weighted by molar-refractivity contribution is 6.08. The molecule has 6 heteroatoms. The number of fused-ring (bicyclic) bond motifs is 2. The minimum atomic E-state index is -0.596. The summed E-state index contributed by atoms with van der Waals surface area (Å²) < 4.78 is 0. The molecule has 0 bridgehead atoms. The Hall–Kier alpha value is -4.42. The summed E-state index contributed by atoms with van der Waals surface area (Å²) >= 11 is 0. The lowest BCUT2D eigenvalue weighted by atomic mass is 10.0. The maximum atomic E-state index is 12.2. The molecule has 0 aliphatic carbocycles. The van der Waals surface area contributed by atoms with Gasteiger partial charge in [0.25, 0.3) is 0 Å². The molecule has 0 saturated heterocycles. The number of pyridine rings is 1. The minimum absolute atomic E-state index is 0.137. The van der Waals surface area contributed by atoms with E-state index >= 15 is 0 Å². The molecule has 0 unspecified atom stereocenters. The average Bonchev–Trinajstić information content (AvgIpc) is 2.88. The van der Waals surface area contributed by atoms with Gasteiger partial charge in [-0.1, -0.05) is 66.7 Å². The number of carbonyl (C=O) groups is 1. The Morgan fingerprint density at radius 1 is 0.800 bits per heavy atom. The third kappa shape index (κ3) is 4.93. The van der Waals surface area contributed by atoms with Gasteiger partial charge >= 0.3 is 0 Å². The zero-order valence-electron chi connectivity index (χ0n) is 19.1. The Bertz CT molecular complexity index is 1450. The molecule has 0 spiro atoms. The molecule has 5 rings (SSSR count). The van der Waals surface area contributed by atoms with E-state index in [2.05, 4.69) is 10.6 Å². The Balaban J connectivity index is 1.52. The van der Waals surface area contributed by atoms with Crippen LogP contribution in [-0.2, 0) is 17.8 Å². The third-order valence-corrected chi connectivity index (χ3v) is 6.00. The summed E-state index contributed by atoms with van der Waals surface area (Å²) in [5, 5.41) is 18.7. The van der Waals surface area contributed by atoms with Gasteiger partial charge in [0, 0.05) is 28.6 Å². The second kappa shape index (κ2) is 9.83. The van der Waals surface area contributed by atoms with Crippen molar-refractivity contribution in [3.05, 3.63) is 108 Å². The van der Waals surface area contributed by atoms with Gasteiger partial charge in [-0.2, -0.15) is 0 Å². The Morgan fingerprint density at radius 2 is 1.40 bits per heavy atom. The molecule has 1 heterocycles. The van der Waals surface area contributed by atoms with Gasteiger partial charge in [-0.05, 0) is 41.5 Å². The first-order valence-corrected chi connectivity index (χ1v) is 11.5. The highest BCUT2D eigenvalue weighted by Crippen LogP contribution is 2.34. The SMILES string of the molecule is NC(=O)[C@H](Cc1ccccc1)Nc1cc(CO)cc(Nc2c3ccccc3nc3ccccc23)c1. The lowest BCUT2D eigenvalue weighted by molar-refractivity contribution is -0.118. The van der Waals surface area contributed by atoms with Gasteiger partial charge in [0.15, 0.2) is 0 Å². The first-order valence-electron chi connectivity index (χ1n) is 11.5. The smallest absolute Gasteiger partial charge is 0.240 e. The van der Waals surface area contributed by atoms with Gasteiger partial charge in [-0.3, -0.25) is 4.79 Å². The van der Waals surface area contributed by atoms with Crippen LogP contribution in [0.4, 0.5) is 17.1 Å². The van der Waals surface area contributed by atoms with E-state index in [9.17, 15) is 9.90 Å². The molecule has 35 heavy (non-hydrogen) atoms. The summed E-state index contributed by atoms with van der Waals surface area (Å²) in [4.78, 5) is 17.0. The largest absolute Gasteiger partial charge is 0.392 e. The van der Waals surface area contributed by atoms with E-state index in [0.717, 1.165) is 38.7 Å². The van der Waals surface area contributed by atoms with Crippen molar-refractivity contribution in [1.82, 2.24) is 4.98 Å². The van der Waals surface area contributed by atoms with Gasteiger partial charge in [0.1, 0.15) is 6.04 Å². The van der Waals surface area contributed by atoms with E-state index in [1.807, 2.05) is 97.1 Å². The van der Waals surface area contributed by atoms with Gasteiger partial charge in [0.05, 0.1) is 23.3 Å². The van der Waals surface area contributed by atoms with Crippen LogP contribution in [-0.4, -0.2) is 22.0 Å². The Labute approximate surface area is 203 Å². The molecule has 0 aliphatic rings. The number of nitrogens with zero attached hydrogens (tertiary/aromatic N) is 1. The maximum absolute atomic E-state index is 12.2. The molecule has 6 nitrogen and oxygen atoms in total. The normalized spacial score (nSPS) is 11.9. The number of para-hydroxylation sites is 2. The molecular weight excluding hydrogens is 436 g/mol. The average molecular weight is 463 g/mol. The van der Waals surface area contributed by atoms with Crippen LogP contribution >= 0.6 is 0 Å². The van der Waals surface area contributed by atoms with Crippen LogP contribution in [0.15, 0.2) is 97.1 Å². The van der Waals surface area contributed by atoms with E-state index < -0.39 is 11.9 Å². The van der Waals surface area contributed by atoms with Gasteiger partial charge < -0.3 is 21.5 Å². The molecule has 1 amide bonds. The molecule has 4 aromatic carbocycles. The lowest BCUT2D eigenvalue weighted by Gasteiger charge is -2.19. The Kier molecular flexibility index (Phi) is 6.28. The van der Waals surface area contributed by atoms with Crippen LogP contribution < -0.4 is 16.4 Å². The summed E-state index contributed by atoms with van der Waals surface area (Å²) in [6.07, 6.45) is 0.460. The summed E-state index contributed by atoms with van der Waals surface area (Å²) in [5.74, 6) is -0.441. The number of benzene rings is 4. The van der Waals surface area contributed by atoms with E-state index in [4.69, 9.17) is 10.7 Å². The molecule has 0 fully saturated rings. The summed E-state index contributed by atoms with van der Waals surface area (Å²) in [7, 11) is 0. The number of nitrogens with one attached hydrogen (secondary N) is 2. The maximum Gasteiger partial charge on any atom is 0.240 e. The van der Waals surface area contributed by atoms with Gasteiger partial charge in [-0.15, -0.1) is 0 Å². The number of nitrogens with two attached hydrogens (primary N) is 1. The number of aromatic nitrogens is 1. The topological polar surface area (TPSA) is 100 Å². The fourth-order valence-corrected chi connectivity index (χ4v) is 4.33. The molecule has 1 atom stereocenters. The quantitative estimate of drug-likeness (QED) is 0.240. The molecular formula is C29H26N4O2. The monoisotopic (exact) mass is 462 g/mol. The van der Waals surface area contributed by atoms with E-state index in [-0.39, 0.29) is 6.61 Å². The number of aliphatic hydroxyl groups excluding tert-OH is 1. The number of amides is 1.